The predicted molar refractivity (Wildman–Crippen MR) is 119 cm³/mol. The molecule has 25 heavy (non-hydrogen) atoms. The Labute approximate surface area is 177 Å². The summed E-state index contributed by atoms with van der Waals surface area (Å²) in [4.78, 5) is 9.04. The van der Waals surface area contributed by atoms with E-state index in [9.17, 15) is 0 Å². The quantitative estimate of drug-likeness (QED) is 0.353. The number of aliphatic imine (C=N–C) groups is 1. The zero-order valence-corrected chi connectivity index (χ0v) is 19.3. The molecule has 1 unspecified atom stereocenters. The zero-order chi connectivity index (χ0) is 17.4. The van der Waals surface area contributed by atoms with Crippen LogP contribution < -0.4 is 5.32 Å². The second kappa shape index (κ2) is 12.1. The third-order valence-electron chi connectivity index (χ3n) is 4.19. The van der Waals surface area contributed by atoms with Gasteiger partial charge in [-0.3, -0.25) is 9.89 Å². The molecule has 1 aromatic carbocycles. The average molecular weight is 525 g/mol. The highest BCUT2D eigenvalue weighted by atomic mass is 127. The molecule has 0 aromatic heterocycles. The van der Waals surface area contributed by atoms with Crippen molar-refractivity contribution in [3.63, 3.8) is 0 Å². The molecule has 1 saturated heterocycles. The fourth-order valence-corrected chi connectivity index (χ4v) is 3.14. The predicted octanol–water partition coefficient (Wildman–Crippen LogP) is 3.04. The Bertz CT molecular complexity index is 520. The van der Waals surface area contributed by atoms with Crippen LogP contribution in [0.5, 0.6) is 0 Å². The molecule has 2 rings (SSSR count). The average Bonchev–Trinajstić information content (AvgIpc) is 2.58. The lowest BCUT2D eigenvalue weighted by molar-refractivity contribution is 0.0320. The van der Waals surface area contributed by atoms with Gasteiger partial charge >= 0.3 is 0 Å². The van der Waals surface area contributed by atoms with E-state index >= 15 is 0 Å². The van der Waals surface area contributed by atoms with Crippen LogP contribution >= 0.6 is 39.9 Å². The van der Waals surface area contributed by atoms with Crippen molar-refractivity contribution in [1.29, 1.82) is 0 Å². The first-order valence-corrected chi connectivity index (χ1v) is 9.34. The van der Waals surface area contributed by atoms with Crippen LogP contribution in [0.1, 0.15) is 12.5 Å². The van der Waals surface area contributed by atoms with Crippen LogP contribution in [0.4, 0.5) is 0 Å². The monoisotopic (exact) mass is 524 g/mol. The highest BCUT2D eigenvalue weighted by molar-refractivity contribution is 14.0. The van der Waals surface area contributed by atoms with Gasteiger partial charge in [0, 0.05) is 51.3 Å². The summed E-state index contributed by atoms with van der Waals surface area (Å²) in [6, 6.07) is 8.41. The molecule has 1 heterocycles. The summed E-state index contributed by atoms with van der Waals surface area (Å²) in [6.07, 6.45) is 0. The largest absolute Gasteiger partial charge is 0.379 e. The van der Waals surface area contributed by atoms with Gasteiger partial charge in [0.2, 0.25) is 0 Å². The van der Waals surface area contributed by atoms with Crippen LogP contribution in [0, 0.1) is 5.92 Å². The Hall–Kier alpha value is -0.380. The Kier molecular flexibility index (Phi) is 11.0. The zero-order valence-electron chi connectivity index (χ0n) is 15.4. The number of hydrogen-bond acceptors (Lipinski definition) is 3. The number of halogens is 2. The molecule has 1 aliphatic rings. The van der Waals surface area contributed by atoms with Crippen molar-refractivity contribution in [2.24, 2.45) is 10.9 Å². The molecule has 1 atom stereocenters. The minimum atomic E-state index is 0. The molecular formula is C18H30BrIN4O. The van der Waals surface area contributed by atoms with E-state index in [1.165, 1.54) is 5.56 Å². The molecular weight excluding hydrogens is 495 g/mol. The van der Waals surface area contributed by atoms with Crippen molar-refractivity contribution in [2.75, 3.05) is 53.5 Å². The number of guanidine groups is 1. The number of ether oxygens (including phenoxy) is 1. The summed E-state index contributed by atoms with van der Waals surface area (Å²) >= 11 is 3.47. The number of nitrogens with zero attached hydrogens (tertiary/aromatic N) is 3. The molecule has 1 aromatic rings. The molecule has 0 radical (unpaired) electrons. The van der Waals surface area contributed by atoms with E-state index < -0.39 is 0 Å². The van der Waals surface area contributed by atoms with E-state index in [2.05, 4.69) is 74.3 Å². The highest BCUT2D eigenvalue weighted by Crippen LogP contribution is 2.12. The van der Waals surface area contributed by atoms with E-state index in [1.54, 1.807) is 0 Å². The maximum absolute atomic E-state index is 5.41. The van der Waals surface area contributed by atoms with Crippen molar-refractivity contribution in [2.45, 2.75) is 13.5 Å². The van der Waals surface area contributed by atoms with E-state index in [-0.39, 0.29) is 24.0 Å². The molecule has 1 fully saturated rings. The van der Waals surface area contributed by atoms with Gasteiger partial charge in [0.05, 0.1) is 13.2 Å². The van der Waals surface area contributed by atoms with Crippen molar-refractivity contribution in [3.05, 3.63) is 34.3 Å². The van der Waals surface area contributed by atoms with Crippen LogP contribution in [-0.4, -0.2) is 69.2 Å². The molecule has 7 heteroatoms. The lowest BCUT2D eigenvalue weighted by Crippen LogP contribution is -2.44. The standard InChI is InChI=1S/C18H29BrN4O.HI/c1-15(13-23-8-10-24-11-9-23)12-21-18(20-2)22(3)14-16-4-6-17(19)7-5-16;/h4-7,15H,8-14H2,1-3H3,(H,20,21);1H. The number of morpholine rings is 1. The maximum atomic E-state index is 5.41. The lowest BCUT2D eigenvalue weighted by Gasteiger charge is -2.30. The van der Waals surface area contributed by atoms with Gasteiger partial charge in [-0.1, -0.05) is 35.0 Å². The van der Waals surface area contributed by atoms with Crippen molar-refractivity contribution < 1.29 is 4.74 Å². The number of benzene rings is 1. The van der Waals surface area contributed by atoms with E-state index in [0.717, 1.165) is 56.4 Å². The Morgan fingerprint density at radius 2 is 1.96 bits per heavy atom. The molecule has 1 N–H and O–H groups in total. The SMILES string of the molecule is CN=C(NCC(C)CN1CCOCC1)N(C)Cc1ccc(Br)cc1.I. The first kappa shape index (κ1) is 22.7. The Morgan fingerprint density at radius 3 is 2.56 bits per heavy atom. The fraction of sp³-hybridized carbons (Fsp3) is 0.611. The van der Waals surface area contributed by atoms with Crippen LogP contribution in [0.25, 0.3) is 0 Å². The lowest BCUT2D eigenvalue weighted by atomic mass is 10.1. The molecule has 142 valence electrons. The van der Waals surface area contributed by atoms with Gasteiger partial charge in [0.15, 0.2) is 5.96 Å². The summed E-state index contributed by atoms with van der Waals surface area (Å²) in [7, 11) is 3.91. The molecule has 5 nitrogen and oxygen atoms in total. The first-order valence-electron chi connectivity index (χ1n) is 8.55. The smallest absolute Gasteiger partial charge is 0.193 e. The normalized spacial score (nSPS) is 16.9. The summed E-state index contributed by atoms with van der Waals surface area (Å²) in [5.74, 6) is 1.51. The van der Waals surface area contributed by atoms with Crippen LogP contribution in [0.2, 0.25) is 0 Å². The topological polar surface area (TPSA) is 40.1 Å². The van der Waals surface area contributed by atoms with E-state index in [1.807, 2.05) is 7.05 Å². The Morgan fingerprint density at radius 1 is 1.32 bits per heavy atom. The van der Waals surface area contributed by atoms with Crippen LogP contribution in [-0.2, 0) is 11.3 Å². The second-order valence-corrected chi connectivity index (χ2v) is 7.34. The van der Waals surface area contributed by atoms with Crippen molar-refractivity contribution in [3.8, 4) is 0 Å². The number of nitrogens with one attached hydrogen (secondary N) is 1. The van der Waals surface area contributed by atoms with E-state index in [4.69, 9.17) is 4.74 Å². The number of rotatable bonds is 6. The van der Waals surface area contributed by atoms with Gasteiger partial charge in [-0.15, -0.1) is 24.0 Å². The van der Waals surface area contributed by atoms with Gasteiger partial charge in [-0.25, -0.2) is 0 Å². The highest BCUT2D eigenvalue weighted by Gasteiger charge is 2.14. The van der Waals surface area contributed by atoms with Gasteiger partial charge in [-0.05, 0) is 23.6 Å². The Balaban J connectivity index is 0.00000312. The summed E-state index contributed by atoms with van der Waals surface area (Å²) in [6.45, 7) is 8.95. The summed E-state index contributed by atoms with van der Waals surface area (Å²) in [5, 5.41) is 3.50. The fourth-order valence-electron chi connectivity index (χ4n) is 2.88. The van der Waals surface area contributed by atoms with Gasteiger partial charge in [0.1, 0.15) is 0 Å². The molecule has 0 spiro atoms. The summed E-state index contributed by atoms with van der Waals surface area (Å²) < 4.78 is 6.51. The molecule has 0 bridgehead atoms. The van der Waals surface area contributed by atoms with Crippen molar-refractivity contribution >= 4 is 45.9 Å². The van der Waals surface area contributed by atoms with Gasteiger partial charge in [0.25, 0.3) is 0 Å². The molecule has 0 aliphatic carbocycles. The minimum absolute atomic E-state index is 0. The first-order chi connectivity index (χ1) is 11.6. The second-order valence-electron chi connectivity index (χ2n) is 6.43. The third-order valence-corrected chi connectivity index (χ3v) is 4.72. The van der Waals surface area contributed by atoms with Crippen LogP contribution in [0.3, 0.4) is 0 Å². The van der Waals surface area contributed by atoms with Crippen LogP contribution in [0.15, 0.2) is 33.7 Å². The van der Waals surface area contributed by atoms with E-state index in [0.29, 0.717) is 5.92 Å². The number of hydrogen-bond donors (Lipinski definition) is 1. The third kappa shape index (κ3) is 8.23. The molecule has 1 aliphatic heterocycles. The van der Waals surface area contributed by atoms with Gasteiger partial charge in [-0.2, -0.15) is 0 Å². The summed E-state index contributed by atoms with van der Waals surface area (Å²) in [5.41, 5.74) is 1.27. The molecule has 0 amide bonds. The minimum Gasteiger partial charge on any atom is -0.379 e. The maximum Gasteiger partial charge on any atom is 0.193 e. The van der Waals surface area contributed by atoms with Crippen molar-refractivity contribution in [1.82, 2.24) is 15.1 Å². The molecule has 0 saturated carbocycles. The van der Waals surface area contributed by atoms with Gasteiger partial charge < -0.3 is 15.0 Å².